The molecule has 138 valence electrons. The zero-order chi connectivity index (χ0) is 17.8. The maximum atomic E-state index is 12.8. The van der Waals surface area contributed by atoms with E-state index in [2.05, 4.69) is 49.5 Å². The second-order valence-corrected chi connectivity index (χ2v) is 8.36. The van der Waals surface area contributed by atoms with Gasteiger partial charge in [-0.05, 0) is 54.9 Å². The van der Waals surface area contributed by atoms with E-state index in [1.807, 2.05) is 4.90 Å². The summed E-state index contributed by atoms with van der Waals surface area (Å²) in [5.74, 6) is 1.83. The van der Waals surface area contributed by atoms with Gasteiger partial charge < -0.3 is 15.3 Å². The lowest BCUT2D eigenvalue weighted by molar-refractivity contribution is 0.101. The van der Waals surface area contributed by atoms with Gasteiger partial charge in [0.15, 0.2) is 0 Å². The first kappa shape index (κ1) is 18.2. The molecule has 0 aromatic heterocycles. The molecular weight excluding hydrogens is 312 g/mol. The first-order valence-electron chi connectivity index (χ1n) is 9.76. The van der Waals surface area contributed by atoms with Gasteiger partial charge in [-0.15, -0.1) is 0 Å². The zero-order valence-electron chi connectivity index (χ0n) is 15.5. The smallest absolute Gasteiger partial charge is 0.317 e. The highest BCUT2D eigenvalue weighted by molar-refractivity contribution is 5.74. The molecule has 5 atom stereocenters. The summed E-state index contributed by atoms with van der Waals surface area (Å²) in [6, 6.07) is 11.0. The van der Waals surface area contributed by atoms with Crippen LogP contribution in [0.25, 0.3) is 0 Å². The topological polar surface area (TPSA) is 52.6 Å². The standard InChI is InChI=1S/C21H32N2O2/c1-15-9-19(18-6-4-3-5-7-18)11-20(10-15)22-21(25)23-12-16(2)8-17(13-23)14-24/h3-7,15-17,19-20,24H,8-14H2,1-2H3,(H,22,25). The van der Waals surface area contributed by atoms with Crippen molar-refractivity contribution in [3.8, 4) is 0 Å². The van der Waals surface area contributed by atoms with Gasteiger partial charge in [0.25, 0.3) is 0 Å². The Morgan fingerprint density at radius 3 is 2.56 bits per heavy atom. The first-order chi connectivity index (χ1) is 12.0. The van der Waals surface area contributed by atoms with Crippen molar-refractivity contribution in [2.45, 2.75) is 51.5 Å². The van der Waals surface area contributed by atoms with Gasteiger partial charge in [0, 0.05) is 25.7 Å². The molecule has 1 heterocycles. The number of urea groups is 1. The second-order valence-electron chi connectivity index (χ2n) is 8.36. The molecule has 2 aliphatic rings. The lowest BCUT2D eigenvalue weighted by Gasteiger charge is -2.39. The van der Waals surface area contributed by atoms with Crippen LogP contribution in [0.3, 0.4) is 0 Å². The molecule has 2 amide bonds. The highest BCUT2D eigenvalue weighted by Gasteiger charge is 2.32. The highest BCUT2D eigenvalue weighted by Crippen LogP contribution is 2.36. The third-order valence-corrected chi connectivity index (χ3v) is 5.83. The molecule has 1 aliphatic heterocycles. The zero-order valence-corrected chi connectivity index (χ0v) is 15.5. The molecule has 4 heteroatoms. The molecule has 1 saturated carbocycles. The van der Waals surface area contributed by atoms with E-state index < -0.39 is 0 Å². The number of amides is 2. The number of nitrogens with zero attached hydrogens (tertiary/aromatic N) is 1. The van der Waals surface area contributed by atoms with Gasteiger partial charge in [-0.2, -0.15) is 0 Å². The van der Waals surface area contributed by atoms with Crippen LogP contribution in [-0.4, -0.2) is 41.8 Å². The Balaban J connectivity index is 1.60. The maximum absolute atomic E-state index is 12.8. The fourth-order valence-corrected chi connectivity index (χ4v) is 4.76. The summed E-state index contributed by atoms with van der Waals surface area (Å²) in [7, 11) is 0. The lowest BCUT2D eigenvalue weighted by Crippen LogP contribution is -2.52. The average molecular weight is 344 g/mol. The number of hydrogen-bond donors (Lipinski definition) is 2. The van der Waals surface area contributed by atoms with Crippen LogP contribution in [0.15, 0.2) is 30.3 Å². The molecule has 1 aromatic rings. The van der Waals surface area contributed by atoms with E-state index in [0.29, 0.717) is 24.3 Å². The normalized spacial score (nSPS) is 33.1. The highest BCUT2D eigenvalue weighted by atomic mass is 16.3. The van der Waals surface area contributed by atoms with E-state index in [1.54, 1.807) is 0 Å². The molecule has 1 aromatic carbocycles. The summed E-state index contributed by atoms with van der Waals surface area (Å²) in [4.78, 5) is 14.7. The molecular formula is C21H32N2O2. The number of carbonyl (C=O) groups is 1. The quantitative estimate of drug-likeness (QED) is 0.880. The third kappa shape index (κ3) is 4.75. The summed E-state index contributed by atoms with van der Waals surface area (Å²) >= 11 is 0. The molecule has 0 bridgehead atoms. The number of carbonyl (C=O) groups excluding carboxylic acids is 1. The summed E-state index contributed by atoms with van der Waals surface area (Å²) in [6.07, 6.45) is 4.29. The van der Waals surface area contributed by atoms with E-state index in [9.17, 15) is 9.90 Å². The molecule has 25 heavy (non-hydrogen) atoms. The number of aliphatic hydroxyl groups excluding tert-OH is 1. The van der Waals surface area contributed by atoms with Crippen LogP contribution < -0.4 is 5.32 Å². The summed E-state index contributed by atoms with van der Waals surface area (Å²) in [5.41, 5.74) is 1.39. The van der Waals surface area contributed by atoms with Gasteiger partial charge in [0.1, 0.15) is 0 Å². The van der Waals surface area contributed by atoms with Gasteiger partial charge >= 0.3 is 6.03 Å². The number of benzene rings is 1. The largest absolute Gasteiger partial charge is 0.396 e. The monoisotopic (exact) mass is 344 g/mol. The van der Waals surface area contributed by atoms with Crippen LogP contribution in [0, 0.1) is 17.8 Å². The van der Waals surface area contributed by atoms with Crippen molar-refractivity contribution in [3.05, 3.63) is 35.9 Å². The van der Waals surface area contributed by atoms with E-state index in [0.717, 1.165) is 25.8 Å². The Morgan fingerprint density at radius 1 is 1.08 bits per heavy atom. The van der Waals surface area contributed by atoms with Gasteiger partial charge in [0.2, 0.25) is 0 Å². The van der Waals surface area contributed by atoms with Crippen molar-refractivity contribution in [2.24, 2.45) is 17.8 Å². The number of piperidine rings is 1. The van der Waals surface area contributed by atoms with Gasteiger partial charge in [-0.3, -0.25) is 0 Å². The molecule has 4 nitrogen and oxygen atoms in total. The van der Waals surface area contributed by atoms with Gasteiger partial charge in [-0.25, -0.2) is 4.79 Å². The second kappa shape index (κ2) is 8.22. The average Bonchev–Trinajstić information content (AvgIpc) is 2.61. The van der Waals surface area contributed by atoms with Crippen LogP contribution in [0.4, 0.5) is 4.79 Å². The van der Waals surface area contributed by atoms with Crippen LogP contribution in [0.1, 0.15) is 51.0 Å². The Bertz CT molecular complexity index is 562. The summed E-state index contributed by atoms with van der Waals surface area (Å²) in [6.45, 7) is 6.10. The van der Waals surface area contributed by atoms with Crippen molar-refractivity contribution in [3.63, 3.8) is 0 Å². The fraction of sp³-hybridized carbons (Fsp3) is 0.667. The van der Waals surface area contributed by atoms with Crippen molar-refractivity contribution in [2.75, 3.05) is 19.7 Å². The van der Waals surface area contributed by atoms with Crippen LogP contribution in [0.5, 0.6) is 0 Å². The molecule has 1 aliphatic carbocycles. The fourth-order valence-electron chi connectivity index (χ4n) is 4.76. The third-order valence-electron chi connectivity index (χ3n) is 5.83. The Labute approximate surface area is 151 Å². The molecule has 5 unspecified atom stereocenters. The SMILES string of the molecule is CC1CC(NC(=O)N2CC(C)CC(CO)C2)CC(c2ccccc2)C1. The number of nitrogens with one attached hydrogen (secondary N) is 1. The minimum atomic E-state index is 0.0518. The minimum Gasteiger partial charge on any atom is -0.396 e. The summed E-state index contributed by atoms with van der Waals surface area (Å²) < 4.78 is 0. The van der Waals surface area contributed by atoms with E-state index in [1.165, 1.54) is 12.0 Å². The van der Waals surface area contributed by atoms with Crippen molar-refractivity contribution >= 4 is 6.03 Å². The van der Waals surface area contributed by atoms with Crippen LogP contribution in [0.2, 0.25) is 0 Å². The van der Waals surface area contributed by atoms with Gasteiger partial charge in [-0.1, -0.05) is 44.2 Å². The van der Waals surface area contributed by atoms with E-state index >= 15 is 0 Å². The lowest BCUT2D eigenvalue weighted by atomic mass is 9.76. The minimum absolute atomic E-state index is 0.0518. The molecule has 1 saturated heterocycles. The predicted octanol–water partition coefficient (Wildman–Crippen LogP) is 3.62. The summed E-state index contributed by atoms with van der Waals surface area (Å²) in [5, 5.41) is 12.8. The molecule has 0 radical (unpaired) electrons. The van der Waals surface area contributed by atoms with Crippen molar-refractivity contribution in [1.29, 1.82) is 0 Å². The molecule has 0 spiro atoms. The van der Waals surface area contributed by atoms with Gasteiger partial charge in [0.05, 0.1) is 0 Å². The number of rotatable bonds is 3. The Kier molecular flexibility index (Phi) is 6.00. The first-order valence-corrected chi connectivity index (χ1v) is 9.76. The maximum Gasteiger partial charge on any atom is 0.317 e. The van der Waals surface area contributed by atoms with Crippen LogP contribution >= 0.6 is 0 Å². The van der Waals surface area contributed by atoms with Crippen molar-refractivity contribution < 1.29 is 9.90 Å². The molecule has 2 N–H and O–H groups in total. The molecule has 3 rings (SSSR count). The van der Waals surface area contributed by atoms with Crippen LogP contribution in [-0.2, 0) is 0 Å². The number of aliphatic hydroxyl groups is 1. The molecule has 2 fully saturated rings. The Morgan fingerprint density at radius 2 is 1.84 bits per heavy atom. The van der Waals surface area contributed by atoms with E-state index in [4.69, 9.17) is 0 Å². The van der Waals surface area contributed by atoms with Crippen molar-refractivity contribution in [1.82, 2.24) is 10.2 Å². The Hall–Kier alpha value is -1.55. The number of likely N-dealkylation sites (tertiary alicyclic amines) is 1. The number of hydrogen-bond acceptors (Lipinski definition) is 2. The predicted molar refractivity (Wildman–Crippen MR) is 100 cm³/mol. The van der Waals surface area contributed by atoms with E-state index in [-0.39, 0.29) is 24.6 Å².